The second kappa shape index (κ2) is 5.83. The first kappa shape index (κ1) is 15.0. The molecule has 3 aromatic rings. The van der Waals surface area contributed by atoms with Crippen molar-refractivity contribution in [3.8, 4) is 0 Å². The van der Waals surface area contributed by atoms with Crippen molar-refractivity contribution in [3.05, 3.63) is 37.4 Å². The molecule has 0 radical (unpaired) electrons. The van der Waals surface area contributed by atoms with Gasteiger partial charge in [-0.3, -0.25) is 9.36 Å². The molecular formula is C15H16BrN5OS. The van der Waals surface area contributed by atoms with Crippen LogP contribution in [0.15, 0.2) is 21.1 Å². The normalized spacial score (nSPS) is 15.7. The van der Waals surface area contributed by atoms with Crippen molar-refractivity contribution in [2.75, 3.05) is 0 Å². The summed E-state index contributed by atoms with van der Waals surface area (Å²) < 4.78 is 3.74. The van der Waals surface area contributed by atoms with Crippen LogP contribution in [0.25, 0.3) is 11.0 Å². The van der Waals surface area contributed by atoms with Gasteiger partial charge in [0.05, 0.1) is 17.2 Å². The van der Waals surface area contributed by atoms with Crippen LogP contribution in [-0.2, 0) is 13.6 Å². The fourth-order valence-corrected chi connectivity index (χ4v) is 4.75. The third-order valence-electron chi connectivity index (χ3n) is 4.37. The van der Waals surface area contributed by atoms with E-state index in [-0.39, 0.29) is 5.56 Å². The molecule has 0 N–H and O–H groups in total. The van der Waals surface area contributed by atoms with E-state index in [0.717, 1.165) is 5.69 Å². The maximum Gasteiger partial charge on any atom is 0.266 e. The maximum atomic E-state index is 12.6. The van der Waals surface area contributed by atoms with E-state index >= 15 is 0 Å². The highest BCUT2D eigenvalue weighted by molar-refractivity contribution is 9.10. The lowest BCUT2D eigenvalue weighted by Gasteiger charge is -2.04. The fourth-order valence-electron chi connectivity index (χ4n) is 3.18. The van der Waals surface area contributed by atoms with Crippen LogP contribution in [0.4, 0.5) is 0 Å². The number of fused-ring (bicyclic) bond motifs is 1. The van der Waals surface area contributed by atoms with Gasteiger partial charge in [-0.25, -0.2) is 14.6 Å². The average molecular weight is 394 g/mol. The fraction of sp³-hybridized carbons (Fsp3) is 0.467. The Bertz CT molecular complexity index is 922. The summed E-state index contributed by atoms with van der Waals surface area (Å²) in [6, 6.07) is 0. The van der Waals surface area contributed by atoms with Crippen LogP contribution in [-0.4, -0.2) is 24.3 Å². The third-order valence-corrected chi connectivity index (χ3v) is 5.99. The van der Waals surface area contributed by atoms with E-state index in [9.17, 15) is 4.79 Å². The molecule has 0 saturated heterocycles. The number of nitrogens with zero attached hydrogens (tertiary/aromatic N) is 5. The van der Waals surface area contributed by atoms with Crippen molar-refractivity contribution in [1.29, 1.82) is 0 Å². The number of aromatic nitrogens is 5. The van der Waals surface area contributed by atoms with Crippen LogP contribution in [0.2, 0.25) is 0 Å². The molecule has 0 atom stereocenters. The Morgan fingerprint density at radius 3 is 2.96 bits per heavy atom. The molecule has 4 rings (SSSR count). The van der Waals surface area contributed by atoms with Crippen molar-refractivity contribution in [3.63, 3.8) is 0 Å². The maximum absolute atomic E-state index is 12.6. The quantitative estimate of drug-likeness (QED) is 0.685. The lowest BCUT2D eigenvalue weighted by Crippen LogP contribution is -2.21. The molecule has 6 nitrogen and oxygen atoms in total. The standard InChI is InChI=1S/C15H16BrN5OS/c1-20-13-11(12(16)19-20)15(22)21(8-17-13)6-10-7-23-14(18-10)9-4-2-3-5-9/h7-9H,2-6H2,1H3. The van der Waals surface area contributed by atoms with E-state index in [1.807, 2.05) is 0 Å². The zero-order valence-corrected chi connectivity index (χ0v) is 15.1. The molecule has 0 aliphatic heterocycles. The number of thiazole rings is 1. The average Bonchev–Trinajstić information content (AvgIpc) is 3.23. The molecule has 1 fully saturated rings. The van der Waals surface area contributed by atoms with Crippen molar-refractivity contribution in [2.24, 2.45) is 7.05 Å². The predicted octanol–water partition coefficient (Wildman–Crippen LogP) is 3.05. The summed E-state index contributed by atoms with van der Waals surface area (Å²) in [6.45, 7) is 0.451. The minimum absolute atomic E-state index is 0.0922. The van der Waals surface area contributed by atoms with Crippen molar-refractivity contribution in [1.82, 2.24) is 24.3 Å². The van der Waals surface area contributed by atoms with E-state index in [4.69, 9.17) is 4.98 Å². The van der Waals surface area contributed by atoms with Crippen LogP contribution in [0.3, 0.4) is 0 Å². The predicted molar refractivity (Wildman–Crippen MR) is 92.9 cm³/mol. The van der Waals surface area contributed by atoms with Gasteiger partial charge < -0.3 is 0 Å². The van der Waals surface area contributed by atoms with Crippen molar-refractivity contribution < 1.29 is 0 Å². The molecule has 23 heavy (non-hydrogen) atoms. The Hall–Kier alpha value is -1.54. The summed E-state index contributed by atoms with van der Waals surface area (Å²) in [5.74, 6) is 0.610. The Labute approximate surface area is 145 Å². The van der Waals surface area contributed by atoms with Gasteiger partial charge in [-0.05, 0) is 28.8 Å². The smallest absolute Gasteiger partial charge is 0.266 e. The molecule has 0 unspecified atom stereocenters. The summed E-state index contributed by atoms with van der Waals surface area (Å²) in [5, 5.41) is 7.98. The molecule has 0 bridgehead atoms. The second-order valence-corrected chi connectivity index (χ2v) is 7.59. The number of aryl methyl sites for hydroxylation is 1. The van der Waals surface area contributed by atoms with Gasteiger partial charge in [-0.2, -0.15) is 5.10 Å². The first-order valence-electron chi connectivity index (χ1n) is 7.65. The lowest BCUT2D eigenvalue weighted by molar-refractivity contribution is 0.692. The molecule has 0 amide bonds. The minimum atomic E-state index is -0.0922. The molecule has 8 heteroatoms. The largest absolute Gasteiger partial charge is 0.292 e. The topological polar surface area (TPSA) is 65.6 Å². The Kier molecular flexibility index (Phi) is 3.81. The monoisotopic (exact) mass is 393 g/mol. The number of hydrogen-bond donors (Lipinski definition) is 0. The van der Waals surface area contributed by atoms with Gasteiger partial charge in [0.25, 0.3) is 5.56 Å². The highest BCUT2D eigenvalue weighted by atomic mass is 79.9. The molecular weight excluding hydrogens is 378 g/mol. The summed E-state index contributed by atoms with van der Waals surface area (Å²) >= 11 is 5.05. The van der Waals surface area contributed by atoms with E-state index < -0.39 is 0 Å². The zero-order chi connectivity index (χ0) is 16.0. The third kappa shape index (κ3) is 2.63. The number of hydrogen-bond acceptors (Lipinski definition) is 5. The summed E-state index contributed by atoms with van der Waals surface area (Å²) in [4.78, 5) is 21.7. The Balaban J connectivity index is 1.66. The Morgan fingerprint density at radius 2 is 2.17 bits per heavy atom. The highest BCUT2D eigenvalue weighted by Crippen LogP contribution is 2.35. The van der Waals surface area contributed by atoms with Gasteiger partial charge in [0.2, 0.25) is 0 Å². The van der Waals surface area contributed by atoms with E-state index in [1.54, 1.807) is 34.0 Å². The number of rotatable bonds is 3. The van der Waals surface area contributed by atoms with Gasteiger partial charge in [-0.15, -0.1) is 11.3 Å². The van der Waals surface area contributed by atoms with Crippen molar-refractivity contribution >= 4 is 38.3 Å². The SMILES string of the molecule is Cn1nc(Br)c2c(=O)n(Cc3csc(C4CCCC4)n3)cnc21. The van der Waals surface area contributed by atoms with E-state index in [2.05, 4.69) is 31.4 Å². The van der Waals surface area contributed by atoms with Gasteiger partial charge in [0.1, 0.15) is 16.3 Å². The summed E-state index contributed by atoms with van der Waals surface area (Å²) in [6.07, 6.45) is 6.66. The van der Waals surface area contributed by atoms with Gasteiger partial charge >= 0.3 is 0 Å². The van der Waals surface area contributed by atoms with Gasteiger partial charge in [-0.1, -0.05) is 12.8 Å². The molecule has 0 aromatic carbocycles. The first-order valence-corrected chi connectivity index (χ1v) is 9.32. The molecule has 1 aliphatic rings. The minimum Gasteiger partial charge on any atom is -0.292 e. The zero-order valence-electron chi connectivity index (χ0n) is 12.7. The van der Waals surface area contributed by atoms with Crippen molar-refractivity contribution in [2.45, 2.75) is 38.1 Å². The second-order valence-electron chi connectivity index (χ2n) is 5.95. The number of halogens is 1. The summed E-state index contributed by atoms with van der Waals surface area (Å²) in [5.41, 5.74) is 1.42. The van der Waals surface area contributed by atoms with Crippen LogP contribution in [0.5, 0.6) is 0 Å². The summed E-state index contributed by atoms with van der Waals surface area (Å²) in [7, 11) is 1.78. The van der Waals surface area contributed by atoms with E-state index in [1.165, 1.54) is 30.7 Å². The molecule has 1 saturated carbocycles. The molecule has 3 aromatic heterocycles. The van der Waals surface area contributed by atoms with Gasteiger partial charge in [0, 0.05) is 18.3 Å². The molecule has 1 aliphatic carbocycles. The molecule has 0 spiro atoms. The van der Waals surface area contributed by atoms with Crippen LogP contribution in [0.1, 0.15) is 42.3 Å². The highest BCUT2D eigenvalue weighted by Gasteiger charge is 2.20. The van der Waals surface area contributed by atoms with Crippen LogP contribution < -0.4 is 5.56 Å². The van der Waals surface area contributed by atoms with Gasteiger partial charge in [0.15, 0.2) is 5.65 Å². The Morgan fingerprint density at radius 1 is 1.39 bits per heavy atom. The van der Waals surface area contributed by atoms with Crippen LogP contribution >= 0.6 is 27.3 Å². The lowest BCUT2D eigenvalue weighted by atomic mass is 10.1. The van der Waals surface area contributed by atoms with Crippen LogP contribution in [0, 0.1) is 0 Å². The first-order chi connectivity index (χ1) is 11.1. The van der Waals surface area contributed by atoms with E-state index in [0.29, 0.717) is 28.1 Å². The molecule has 3 heterocycles. The molecule has 120 valence electrons.